The minimum absolute atomic E-state index is 0.0531. The zero-order chi connectivity index (χ0) is 15.9. The molecule has 0 saturated heterocycles. The lowest BCUT2D eigenvalue weighted by Crippen LogP contribution is -2.43. The van der Waals surface area contributed by atoms with Gasteiger partial charge in [0.15, 0.2) is 0 Å². The van der Waals surface area contributed by atoms with E-state index in [2.05, 4.69) is 15.9 Å². The van der Waals surface area contributed by atoms with E-state index >= 15 is 0 Å². The zero-order valence-corrected chi connectivity index (χ0v) is 16.0. The highest BCUT2D eigenvalue weighted by Crippen LogP contribution is 2.36. The van der Waals surface area contributed by atoms with E-state index in [1.807, 2.05) is 27.7 Å². The first-order chi connectivity index (χ1) is 8.89. The Hall–Kier alpha value is 0.190. The molecule has 7 heteroatoms. The Morgan fingerprint density at radius 2 is 1.60 bits per heavy atom. The fraction of sp³-hybridized carbons (Fsp3) is 0.538. The number of benzene rings is 1. The Morgan fingerprint density at radius 1 is 1.20 bits per heavy atom. The second kappa shape index (κ2) is 6.13. The van der Waals surface area contributed by atoms with Crippen LogP contribution in [0.2, 0.25) is 10.0 Å². The molecule has 0 aliphatic heterocycles. The summed E-state index contributed by atoms with van der Waals surface area (Å²) in [7, 11) is -2.21. The molecule has 0 spiro atoms. The van der Waals surface area contributed by atoms with E-state index in [4.69, 9.17) is 23.2 Å². The summed E-state index contributed by atoms with van der Waals surface area (Å²) in [5.41, 5.74) is -0.198. The van der Waals surface area contributed by atoms with E-state index in [1.165, 1.54) is 16.4 Å². The lowest BCUT2D eigenvalue weighted by Gasteiger charge is -2.34. The van der Waals surface area contributed by atoms with Gasteiger partial charge in [-0.2, -0.15) is 4.31 Å². The van der Waals surface area contributed by atoms with E-state index in [0.717, 1.165) is 0 Å². The van der Waals surface area contributed by atoms with Gasteiger partial charge in [-0.3, -0.25) is 0 Å². The Bertz CT molecular complexity index is 588. The lowest BCUT2D eigenvalue weighted by atomic mass is 9.88. The molecule has 1 rings (SSSR count). The molecular formula is C13H18BrCl2NO2S. The molecule has 1 unspecified atom stereocenters. The summed E-state index contributed by atoms with van der Waals surface area (Å²) in [6.07, 6.45) is 0. The number of nitrogens with zero attached hydrogens (tertiary/aromatic N) is 1. The number of hydrogen-bond donors (Lipinski definition) is 0. The normalized spacial score (nSPS) is 14.7. The molecule has 0 fully saturated rings. The second-order valence-electron chi connectivity index (χ2n) is 5.76. The molecule has 0 aliphatic carbocycles. The van der Waals surface area contributed by atoms with Gasteiger partial charge in [0.2, 0.25) is 10.0 Å². The predicted molar refractivity (Wildman–Crippen MR) is 88.0 cm³/mol. The molecule has 1 atom stereocenters. The molecule has 3 nitrogen and oxygen atoms in total. The maximum absolute atomic E-state index is 12.7. The van der Waals surface area contributed by atoms with E-state index in [0.29, 0.717) is 4.47 Å². The van der Waals surface area contributed by atoms with E-state index < -0.39 is 10.0 Å². The fourth-order valence-corrected chi connectivity index (χ4v) is 5.10. The van der Waals surface area contributed by atoms with E-state index in [-0.39, 0.29) is 26.4 Å². The quantitative estimate of drug-likeness (QED) is 0.727. The van der Waals surface area contributed by atoms with Crippen LogP contribution >= 0.6 is 39.1 Å². The van der Waals surface area contributed by atoms with E-state index in [9.17, 15) is 8.42 Å². The van der Waals surface area contributed by atoms with Crippen molar-refractivity contribution in [2.24, 2.45) is 5.41 Å². The number of sulfonamides is 1. The molecule has 0 heterocycles. The van der Waals surface area contributed by atoms with Crippen LogP contribution in [0.15, 0.2) is 21.5 Å². The monoisotopic (exact) mass is 401 g/mol. The van der Waals surface area contributed by atoms with Gasteiger partial charge >= 0.3 is 0 Å². The molecule has 0 N–H and O–H groups in total. The standard InChI is InChI=1S/C13H18BrCl2NO2S/c1-8(13(2,3)4)17(5)20(18,19)12-10(15)6-9(14)7-11(12)16/h6-8H,1-5H3. The largest absolute Gasteiger partial charge is 0.246 e. The van der Waals surface area contributed by atoms with Gasteiger partial charge < -0.3 is 0 Å². The van der Waals surface area contributed by atoms with Crippen molar-refractivity contribution >= 4 is 49.2 Å². The van der Waals surface area contributed by atoms with Gasteiger partial charge in [-0.1, -0.05) is 59.9 Å². The topological polar surface area (TPSA) is 37.4 Å². The maximum atomic E-state index is 12.7. The van der Waals surface area contributed by atoms with Crippen molar-refractivity contribution in [2.45, 2.75) is 38.6 Å². The van der Waals surface area contributed by atoms with Crippen LogP contribution in [0.4, 0.5) is 0 Å². The van der Waals surface area contributed by atoms with Crippen molar-refractivity contribution < 1.29 is 8.42 Å². The average Bonchev–Trinajstić information content (AvgIpc) is 2.23. The molecule has 0 radical (unpaired) electrons. The molecular weight excluding hydrogens is 385 g/mol. The van der Waals surface area contributed by atoms with Crippen LogP contribution in [0.25, 0.3) is 0 Å². The summed E-state index contributed by atoms with van der Waals surface area (Å²) >= 11 is 15.4. The molecule has 1 aromatic carbocycles. The first kappa shape index (κ1) is 18.2. The molecule has 0 aliphatic rings. The van der Waals surface area contributed by atoms with Gasteiger partial charge in [-0.15, -0.1) is 0 Å². The van der Waals surface area contributed by atoms with Gasteiger partial charge in [0.25, 0.3) is 0 Å². The van der Waals surface area contributed by atoms with Crippen LogP contribution in [0.1, 0.15) is 27.7 Å². The summed E-state index contributed by atoms with van der Waals surface area (Å²) in [5.74, 6) is 0. The third-order valence-corrected chi connectivity index (χ3v) is 6.71. The van der Waals surface area contributed by atoms with Gasteiger partial charge in [0.05, 0.1) is 10.0 Å². The summed E-state index contributed by atoms with van der Waals surface area (Å²) in [6.45, 7) is 7.80. The minimum atomic E-state index is -3.75. The number of halogens is 3. The second-order valence-corrected chi connectivity index (χ2v) is 9.43. The molecule has 0 aromatic heterocycles. The molecule has 0 saturated carbocycles. The molecule has 20 heavy (non-hydrogen) atoms. The minimum Gasteiger partial charge on any atom is -0.207 e. The smallest absolute Gasteiger partial charge is 0.207 e. The van der Waals surface area contributed by atoms with Crippen LogP contribution in [0.3, 0.4) is 0 Å². The van der Waals surface area contributed by atoms with Crippen molar-refractivity contribution in [3.63, 3.8) is 0 Å². The Kier molecular flexibility index (Phi) is 5.59. The van der Waals surface area contributed by atoms with Gasteiger partial charge in [-0.05, 0) is 24.5 Å². The Balaban J connectivity index is 3.39. The summed E-state index contributed by atoms with van der Waals surface area (Å²) in [6, 6.07) is 2.84. The zero-order valence-electron chi connectivity index (χ0n) is 12.0. The summed E-state index contributed by atoms with van der Waals surface area (Å²) < 4.78 is 27.4. The first-order valence-corrected chi connectivity index (χ1v) is 9.00. The van der Waals surface area contributed by atoms with Gasteiger partial charge in [0, 0.05) is 17.6 Å². The highest BCUT2D eigenvalue weighted by molar-refractivity contribution is 9.10. The molecule has 1 aromatic rings. The van der Waals surface area contributed by atoms with Crippen molar-refractivity contribution in [2.75, 3.05) is 7.05 Å². The summed E-state index contributed by atoms with van der Waals surface area (Å²) in [5, 5.41) is 0.217. The third-order valence-electron chi connectivity index (χ3n) is 3.40. The summed E-state index contributed by atoms with van der Waals surface area (Å²) in [4.78, 5) is -0.0531. The van der Waals surface area contributed by atoms with Crippen LogP contribution in [-0.4, -0.2) is 25.8 Å². The SMILES string of the molecule is CC(N(C)S(=O)(=O)c1c(Cl)cc(Br)cc1Cl)C(C)(C)C. The lowest BCUT2D eigenvalue weighted by molar-refractivity contribution is 0.216. The number of hydrogen-bond acceptors (Lipinski definition) is 2. The van der Waals surface area contributed by atoms with E-state index in [1.54, 1.807) is 7.05 Å². The Morgan fingerprint density at radius 3 is 1.95 bits per heavy atom. The first-order valence-electron chi connectivity index (χ1n) is 6.01. The van der Waals surface area contributed by atoms with Crippen LogP contribution in [0.5, 0.6) is 0 Å². The molecule has 0 bridgehead atoms. The van der Waals surface area contributed by atoms with Crippen molar-refractivity contribution in [3.8, 4) is 0 Å². The third kappa shape index (κ3) is 3.69. The molecule has 0 amide bonds. The predicted octanol–water partition coefficient (Wildman–Crippen LogP) is 4.81. The highest BCUT2D eigenvalue weighted by atomic mass is 79.9. The van der Waals surface area contributed by atoms with Crippen molar-refractivity contribution in [1.29, 1.82) is 0 Å². The van der Waals surface area contributed by atoms with Crippen LogP contribution in [-0.2, 0) is 10.0 Å². The van der Waals surface area contributed by atoms with Crippen molar-refractivity contribution in [3.05, 3.63) is 26.7 Å². The van der Waals surface area contributed by atoms with Gasteiger partial charge in [0.1, 0.15) is 4.90 Å². The Labute approximate surface area is 139 Å². The molecule has 114 valence electrons. The van der Waals surface area contributed by atoms with Crippen LogP contribution in [0, 0.1) is 5.41 Å². The van der Waals surface area contributed by atoms with Gasteiger partial charge in [-0.25, -0.2) is 8.42 Å². The average molecular weight is 403 g/mol. The number of rotatable bonds is 3. The highest BCUT2D eigenvalue weighted by Gasteiger charge is 2.34. The van der Waals surface area contributed by atoms with Crippen molar-refractivity contribution in [1.82, 2.24) is 4.31 Å². The fourth-order valence-electron chi connectivity index (χ4n) is 1.67. The maximum Gasteiger partial charge on any atom is 0.246 e. The van der Waals surface area contributed by atoms with Crippen LogP contribution < -0.4 is 0 Å².